The van der Waals surface area contributed by atoms with Crippen molar-refractivity contribution in [2.75, 3.05) is 11.1 Å². The molecule has 5 nitrogen and oxygen atoms in total. The zero-order valence-corrected chi connectivity index (χ0v) is 18.5. The third-order valence-corrected chi connectivity index (χ3v) is 6.42. The first-order valence-electron chi connectivity index (χ1n) is 8.89. The van der Waals surface area contributed by atoms with E-state index in [2.05, 4.69) is 42.9 Å². The van der Waals surface area contributed by atoms with Gasteiger partial charge in [0.1, 0.15) is 5.82 Å². The predicted octanol–water partition coefficient (Wildman–Crippen LogP) is 5.41. The van der Waals surface area contributed by atoms with Crippen LogP contribution in [0.4, 0.5) is 5.69 Å². The van der Waals surface area contributed by atoms with E-state index < -0.39 is 0 Å². The van der Waals surface area contributed by atoms with Gasteiger partial charge >= 0.3 is 0 Å². The number of amides is 1. The minimum atomic E-state index is -0.0836. The molecule has 146 valence electrons. The number of para-hydroxylation sites is 1. The van der Waals surface area contributed by atoms with Gasteiger partial charge in [-0.25, -0.2) is 0 Å². The molecule has 1 N–H and O–H groups in total. The molecule has 0 radical (unpaired) electrons. The number of rotatable bonds is 7. The monoisotopic (exact) mass is 484 g/mol. The molecule has 0 saturated heterocycles. The van der Waals surface area contributed by atoms with Crippen LogP contribution in [0.5, 0.6) is 0 Å². The Balaban J connectivity index is 1.51. The lowest BCUT2D eigenvalue weighted by Crippen LogP contribution is -2.14. The second-order valence-corrected chi connectivity index (χ2v) is 9.06. The quantitative estimate of drug-likeness (QED) is 0.356. The van der Waals surface area contributed by atoms with Crippen LogP contribution < -0.4 is 5.32 Å². The molecule has 0 aliphatic heterocycles. The van der Waals surface area contributed by atoms with E-state index in [0.717, 1.165) is 21.7 Å². The van der Waals surface area contributed by atoms with Crippen molar-refractivity contribution in [1.29, 1.82) is 0 Å². The molecular weight excluding hydrogens is 468 g/mol. The summed E-state index contributed by atoms with van der Waals surface area (Å²) in [6.45, 7) is 0. The number of aromatic nitrogens is 3. The molecule has 0 bridgehead atoms. The highest BCUT2D eigenvalue weighted by atomic mass is 79.9. The first kappa shape index (κ1) is 19.9. The highest BCUT2D eigenvalue weighted by Gasteiger charge is 2.16. The number of hydrogen-bond acceptors (Lipinski definition) is 5. The highest BCUT2D eigenvalue weighted by Crippen LogP contribution is 2.25. The van der Waals surface area contributed by atoms with Crippen LogP contribution in [0.15, 0.2) is 81.7 Å². The van der Waals surface area contributed by atoms with E-state index in [9.17, 15) is 4.79 Å². The largest absolute Gasteiger partial charge is 0.325 e. The first-order valence-corrected chi connectivity index (χ1v) is 11.6. The van der Waals surface area contributed by atoms with Gasteiger partial charge < -0.3 is 5.32 Å². The molecule has 29 heavy (non-hydrogen) atoms. The van der Waals surface area contributed by atoms with Crippen LogP contribution in [0.3, 0.4) is 0 Å². The fourth-order valence-corrected chi connectivity index (χ4v) is 4.51. The summed E-state index contributed by atoms with van der Waals surface area (Å²) in [5.74, 6) is 1.02. The number of nitrogens with zero attached hydrogens (tertiary/aromatic N) is 3. The van der Waals surface area contributed by atoms with Gasteiger partial charge in [-0.2, -0.15) is 0 Å². The highest BCUT2D eigenvalue weighted by molar-refractivity contribution is 9.10. The van der Waals surface area contributed by atoms with Crippen LogP contribution in [0.1, 0.15) is 10.7 Å². The second-order valence-electron chi connectivity index (χ2n) is 6.17. The van der Waals surface area contributed by atoms with Gasteiger partial charge in [0.05, 0.1) is 5.75 Å². The SMILES string of the molecule is O=C(CSc1nnc(Cc2cccs2)n1-c1ccccc1)Nc1ccc(Br)cc1. The molecule has 8 heteroatoms. The Labute approximate surface area is 185 Å². The minimum absolute atomic E-state index is 0.0836. The van der Waals surface area contributed by atoms with E-state index in [1.165, 1.54) is 16.6 Å². The van der Waals surface area contributed by atoms with Crippen molar-refractivity contribution in [3.8, 4) is 5.69 Å². The lowest BCUT2D eigenvalue weighted by atomic mass is 10.3. The molecule has 0 saturated carbocycles. The minimum Gasteiger partial charge on any atom is -0.325 e. The number of carbonyl (C=O) groups excluding carboxylic acids is 1. The Morgan fingerprint density at radius 3 is 2.55 bits per heavy atom. The van der Waals surface area contributed by atoms with Crippen molar-refractivity contribution in [2.45, 2.75) is 11.6 Å². The summed E-state index contributed by atoms with van der Waals surface area (Å²) in [5, 5.41) is 14.4. The average Bonchev–Trinajstić information content (AvgIpc) is 3.39. The summed E-state index contributed by atoms with van der Waals surface area (Å²) in [6, 6.07) is 21.6. The van der Waals surface area contributed by atoms with Crippen molar-refractivity contribution < 1.29 is 4.79 Å². The Hall–Kier alpha value is -2.42. The number of anilines is 1. The van der Waals surface area contributed by atoms with Gasteiger partial charge in [-0.3, -0.25) is 9.36 Å². The molecule has 4 aromatic rings. The summed E-state index contributed by atoms with van der Waals surface area (Å²) in [5.41, 5.74) is 1.75. The van der Waals surface area contributed by atoms with Crippen molar-refractivity contribution >= 4 is 50.6 Å². The Bertz CT molecular complexity index is 1080. The third-order valence-electron chi connectivity index (χ3n) is 4.09. The van der Waals surface area contributed by atoms with Crippen molar-refractivity contribution in [3.05, 3.63) is 87.3 Å². The number of nitrogens with one attached hydrogen (secondary N) is 1. The lowest BCUT2D eigenvalue weighted by molar-refractivity contribution is -0.113. The van der Waals surface area contributed by atoms with Crippen LogP contribution in [-0.2, 0) is 11.2 Å². The molecule has 2 aromatic carbocycles. The molecule has 0 aliphatic carbocycles. The van der Waals surface area contributed by atoms with Crippen LogP contribution in [-0.4, -0.2) is 26.4 Å². The molecular formula is C21H17BrN4OS2. The van der Waals surface area contributed by atoms with E-state index in [1.54, 1.807) is 11.3 Å². The molecule has 2 aromatic heterocycles. The lowest BCUT2D eigenvalue weighted by Gasteiger charge is -2.10. The maximum absolute atomic E-state index is 12.4. The summed E-state index contributed by atoms with van der Waals surface area (Å²) in [6.07, 6.45) is 0.700. The van der Waals surface area contributed by atoms with Gasteiger partial charge in [0, 0.05) is 27.1 Å². The smallest absolute Gasteiger partial charge is 0.234 e. The zero-order chi connectivity index (χ0) is 20.1. The van der Waals surface area contributed by atoms with Gasteiger partial charge in [-0.05, 0) is 47.8 Å². The van der Waals surface area contributed by atoms with Gasteiger partial charge in [-0.15, -0.1) is 21.5 Å². The standard InChI is InChI=1S/C21H17BrN4OS2/c22-15-8-10-16(11-9-15)23-20(27)14-29-21-25-24-19(13-18-7-4-12-28-18)26(21)17-5-2-1-3-6-17/h1-12H,13-14H2,(H,23,27). The number of thiophene rings is 1. The van der Waals surface area contributed by atoms with Crippen LogP contribution in [0.2, 0.25) is 0 Å². The van der Waals surface area contributed by atoms with E-state index in [-0.39, 0.29) is 11.7 Å². The van der Waals surface area contributed by atoms with Gasteiger partial charge in [0.2, 0.25) is 5.91 Å². The molecule has 2 heterocycles. The third kappa shape index (κ3) is 5.14. The van der Waals surface area contributed by atoms with Gasteiger partial charge in [0.25, 0.3) is 0 Å². The molecule has 4 rings (SSSR count). The molecule has 0 spiro atoms. The zero-order valence-electron chi connectivity index (χ0n) is 15.3. The normalized spacial score (nSPS) is 10.8. The van der Waals surface area contributed by atoms with E-state index in [4.69, 9.17) is 0 Å². The average molecular weight is 485 g/mol. The number of benzene rings is 2. The number of carbonyl (C=O) groups is 1. The molecule has 1 amide bonds. The fourth-order valence-electron chi connectivity index (χ4n) is 2.77. The number of thioether (sulfide) groups is 1. The van der Waals surface area contributed by atoms with Gasteiger partial charge in [0.15, 0.2) is 5.16 Å². The summed E-state index contributed by atoms with van der Waals surface area (Å²) in [4.78, 5) is 13.6. The summed E-state index contributed by atoms with van der Waals surface area (Å²) >= 11 is 6.47. The Morgan fingerprint density at radius 2 is 1.83 bits per heavy atom. The first-order chi connectivity index (χ1) is 14.2. The van der Waals surface area contributed by atoms with Crippen molar-refractivity contribution in [3.63, 3.8) is 0 Å². The van der Waals surface area contributed by atoms with Crippen LogP contribution >= 0.6 is 39.0 Å². The topological polar surface area (TPSA) is 59.8 Å². The predicted molar refractivity (Wildman–Crippen MR) is 122 cm³/mol. The second kappa shape index (κ2) is 9.39. The van der Waals surface area contributed by atoms with Crippen LogP contribution in [0.25, 0.3) is 5.69 Å². The molecule has 0 unspecified atom stereocenters. The van der Waals surface area contributed by atoms with Crippen LogP contribution in [0, 0.1) is 0 Å². The van der Waals surface area contributed by atoms with Crippen molar-refractivity contribution in [2.24, 2.45) is 0 Å². The van der Waals surface area contributed by atoms with Crippen molar-refractivity contribution in [1.82, 2.24) is 14.8 Å². The maximum atomic E-state index is 12.4. The molecule has 0 aliphatic rings. The molecule has 0 fully saturated rings. The van der Waals surface area contributed by atoms with Gasteiger partial charge in [-0.1, -0.05) is 52.0 Å². The fraction of sp³-hybridized carbons (Fsp3) is 0.0952. The van der Waals surface area contributed by atoms with E-state index in [0.29, 0.717) is 11.6 Å². The summed E-state index contributed by atoms with van der Waals surface area (Å²) < 4.78 is 3.00. The Kier molecular flexibility index (Phi) is 6.43. The maximum Gasteiger partial charge on any atom is 0.234 e. The van der Waals surface area contributed by atoms with E-state index >= 15 is 0 Å². The summed E-state index contributed by atoms with van der Waals surface area (Å²) in [7, 11) is 0. The number of halogens is 1. The number of hydrogen-bond donors (Lipinski definition) is 1. The van der Waals surface area contributed by atoms with E-state index in [1.807, 2.05) is 65.2 Å². The molecule has 0 atom stereocenters. The Morgan fingerprint density at radius 1 is 1.03 bits per heavy atom.